The van der Waals surface area contributed by atoms with Crippen LogP contribution >= 0.6 is 11.6 Å². The number of carbonyl (C=O) groups excluding carboxylic acids is 2. The van der Waals surface area contributed by atoms with Crippen LogP contribution in [0.2, 0.25) is 5.02 Å². The topological polar surface area (TPSA) is 61.9 Å². The van der Waals surface area contributed by atoms with Crippen molar-refractivity contribution < 1.29 is 14.3 Å². The molecule has 1 N–H and O–H groups in total. The van der Waals surface area contributed by atoms with Crippen molar-refractivity contribution in [1.29, 1.82) is 0 Å². The summed E-state index contributed by atoms with van der Waals surface area (Å²) in [7, 11) is 0. The molecule has 1 aliphatic rings. The average Bonchev–Trinajstić information content (AvgIpc) is 2.78. The van der Waals surface area contributed by atoms with Crippen LogP contribution in [0.25, 0.3) is 0 Å². The smallest absolute Gasteiger partial charge is 0.255 e. The fourth-order valence-corrected chi connectivity index (χ4v) is 3.94. The molecule has 2 aromatic carbocycles. The van der Waals surface area contributed by atoms with Gasteiger partial charge in [-0.15, -0.1) is 0 Å². The Morgan fingerprint density at radius 3 is 2.34 bits per heavy atom. The van der Waals surface area contributed by atoms with Crippen molar-refractivity contribution in [3.63, 3.8) is 0 Å². The zero-order chi connectivity index (χ0) is 23.1. The molecule has 2 amide bonds. The monoisotopic (exact) mass is 457 g/mol. The van der Waals surface area contributed by atoms with Gasteiger partial charge in [-0.05, 0) is 54.8 Å². The maximum atomic E-state index is 12.6. The summed E-state index contributed by atoms with van der Waals surface area (Å²) < 4.78 is 5.56. The maximum absolute atomic E-state index is 12.6. The molecule has 0 spiro atoms. The van der Waals surface area contributed by atoms with E-state index in [0.29, 0.717) is 48.3 Å². The summed E-state index contributed by atoms with van der Waals surface area (Å²) in [5.74, 6) is 1.13. The fraction of sp³-hybridized carbons (Fsp3) is 0.440. The van der Waals surface area contributed by atoms with Crippen LogP contribution in [0.1, 0.15) is 44.0 Å². The zero-order valence-corrected chi connectivity index (χ0v) is 19.8. The van der Waals surface area contributed by atoms with E-state index in [0.717, 1.165) is 30.9 Å². The second kappa shape index (κ2) is 11.2. The van der Waals surface area contributed by atoms with E-state index in [4.69, 9.17) is 16.3 Å². The lowest BCUT2D eigenvalue weighted by Crippen LogP contribution is -2.49. The summed E-state index contributed by atoms with van der Waals surface area (Å²) >= 11 is 6.54. The van der Waals surface area contributed by atoms with Gasteiger partial charge in [0, 0.05) is 43.9 Å². The third-order valence-electron chi connectivity index (χ3n) is 5.35. The number of hydrogen-bond donors (Lipinski definition) is 1. The molecule has 1 fully saturated rings. The third-order valence-corrected chi connectivity index (χ3v) is 5.65. The lowest BCUT2D eigenvalue weighted by Gasteiger charge is -2.36. The van der Waals surface area contributed by atoms with Gasteiger partial charge in [-0.2, -0.15) is 0 Å². The van der Waals surface area contributed by atoms with Crippen LogP contribution in [0.4, 0.5) is 11.4 Å². The summed E-state index contributed by atoms with van der Waals surface area (Å²) in [6, 6.07) is 12.6. The zero-order valence-electron chi connectivity index (χ0n) is 19.1. The van der Waals surface area contributed by atoms with Gasteiger partial charge in [-0.25, -0.2) is 0 Å². The van der Waals surface area contributed by atoms with Crippen molar-refractivity contribution >= 4 is 34.8 Å². The first-order chi connectivity index (χ1) is 15.4. The molecule has 2 aromatic rings. The molecule has 1 saturated heterocycles. The molecule has 1 aliphatic heterocycles. The highest BCUT2D eigenvalue weighted by Gasteiger charge is 2.23. The van der Waals surface area contributed by atoms with E-state index in [-0.39, 0.29) is 11.8 Å². The second-order valence-electron chi connectivity index (χ2n) is 8.46. The number of rotatable bonds is 8. The number of amides is 2. The molecule has 1 heterocycles. The van der Waals surface area contributed by atoms with Crippen molar-refractivity contribution in [3.8, 4) is 5.75 Å². The first-order valence-corrected chi connectivity index (χ1v) is 11.6. The molecule has 0 unspecified atom stereocenters. The van der Waals surface area contributed by atoms with E-state index in [1.54, 1.807) is 30.3 Å². The Bertz CT molecular complexity index is 923. The van der Waals surface area contributed by atoms with Gasteiger partial charge in [0.25, 0.3) is 5.91 Å². The van der Waals surface area contributed by atoms with Gasteiger partial charge >= 0.3 is 0 Å². The molecule has 0 radical (unpaired) electrons. The number of hydrogen-bond acceptors (Lipinski definition) is 4. The van der Waals surface area contributed by atoms with Gasteiger partial charge in [-0.1, -0.05) is 32.4 Å². The number of halogens is 1. The SMILES string of the molecule is CCCOc1ccc(C(=O)Nc2ccc(N3CCN(C(=O)CC(C)C)CC3)c(Cl)c2)cc1. The first-order valence-electron chi connectivity index (χ1n) is 11.2. The van der Waals surface area contributed by atoms with Crippen molar-refractivity contribution in [1.82, 2.24) is 4.90 Å². The van der Waals surface area contributed by atoms with E-state index in [2.05, 4.69) is 24.1 Å². The normalized spacial score (nSPS) is 13.9. The van der Waals surface area contributed by atoms with Crippen molar-refractivity contribution in [3.05, 3.63) is 53.1 Å². The number of nitrogens with zero attached hydrogens (tertiary/aromatic N) is 2. The molecular formula is C25H32ClN3O3. The van der Waals surface area contributed by atoms with E-state index in [9.17, 15) is 9.59 Å². The number of nitrogens with one attached hydrogen (secondary N) is 1. The van der Waals surface area contributed by atoms with Crippen LogP contribution in [0.3, 0.4) is 0 Å². The molecule has 3 rings (SSSR count). The number of anilines is 2. The molecule has 0 saturated carbocycles. The van der Waals surface area contributed by atoms with Gasteiger partial charge in [-0.3, -0.25) is 9.59 Å². The van der Waals surface area contributed by atoms with Crippen LogP contribution in [0.15, 0.2) is 42.5 Å². The van der Waals surface area contributed by atoms with Crippen LogP contribution < -0.4 is 15.0 Å². The minimum absolute atomic E-state index is 0.201. The maximum Gasteiger partial charge on any atom is 0.255 e. The summed E-state index contributed by atoms with van der Waals surface area (Å²) in [6.07, 6.45) is 1.52. The minimum atomic E-state index is -0.201. The largest absolute Gasteiger partial charge is 0.494 e. The molecule has 0 bridgehead atoms. The van der Waals surface area contributed by atoms with Crippen molar-refractivity contribution in [2.24, 2.45) is 5.92 Å². The highest BCUT2D eigenvalue weighted by molar-refractivity contribution is 6.33. The predicted molar refractivity (Wildman–Crippen MR) is 130 cm³/mol. The van der Waals surface area contributed by atoms with Gasteiger partial charge in [0.2, 0.25) is 5.91 Å². The molecule has 172 valence electrons. The Hall–Kier alpha value is -2.73. The van der Waals surface area contributed by atoms with Gasteiger partial charge < -0.3 is 19.9 Å². The van der Waals surface area contributed by atoms with Crippen molar-refractivity contribution in [2.75, 3.05) is 43.0 Å². The highest BCUT2D eigenvalue weighted by atomic mass is 35.5. The third kappa shape index (κ3) is 6.39. The quantitative estimate of drug-likeness (QED) is 0.600. The standard InChI is InChI=1S/C25H32ClN3O3/c1-4-15-32-21-8-5-19(6-9-21)25(31)27-20-7-10-23(22(26)17-20)28-11-13-29(14-12-28)24(30)16-18(2)3/h5-10,17-18H,4,11-16H2,1-3H3,(H,27,31). The molecule has 6 nitrogen and oxygen atoms in total. The summed E-state index contributed by atoms with van der Waals surface area (Å²) in [5.41, 5.74) is 2.11. The van der Waals surface area contributed by atoms with Crippen LogP contribution in [0, 0.1) is 5.92 Å². The number of benzene rings is 2. The molecule has 0 aliphatic carbocycles. The van der Waals surface area contributed by atoms with Crippen LogP contribution in [-0.4, -0.2) is 49.5 Å². The van der Waals surface area contributed by atoms with E-state index in [1.807, 2.05) is 24.0 Å². The van der Waals surface area contributed by atoms with Crippen LogP contribution in [-0.2, 0) is 4.79 Å². The Kier molecular flexibility index (Phi) is 8.39. The fourth-order valence-electron chi connectivity index (χ4n) is 3.64. The lowest BCUT2D eigenvalue weighted by atomic mass is 10.1. The van der Waals surface area contributed by atoms with Crippen molar-refractivity contribution in [2.45, 2.75) is 33.6 Å². The van der Waals surface area contributed by atoms with Gasteiger partial charge in [0.05, 0.1) is 17.3 Å². The Morgan fingerprint density at radius 2 is 1.75 bits per heavy atom. The first kappa shape index (κ1) is 23.9. The second-order valence-corrected chi connectivity index (χ2v) is 8.87. The molecule has 0 atom stereocenters. The molecule has 0 aromatic heterocycles. The molecular weight excluding hydrogens is 426 g/mol. The lowest BCUT2D eigenvalue weighted by molar-refractivity contribution is -0.132. The highest BCUT2D eigenvalue weighted by Crippen LogP contribution is 2.30. The van der Waals surface area contributed by atoms with Gasteiger partial charge in [0.15, 0.2) is 0 Å². The summed E-state index contributed by atoms with van der Waals surface area (Å²) in [5, 5.41) is 3.47. The molecule has 32 heavy (non-hydrogen) atoms. The van der Waals surface area contributed by atoms with Crippen LogP contribution in [0.5, 0.6) is 5.75 Å². The van der Waals surface area contributed by atoms with E-state index >= 15 is 0 Å². The Balaban J connectivity index is 1.57. The number of piperazine rings is 1. The Morgan fingerprint density at radius 1 is 1.06 bits per heavy atom. The Labute approximate surface area is 195 Å². The summed E-state index contributed by atoms with van der Waals surface area (Å²) in [6.45, 7) is 9.68. The number of ether oxygens (including phenoxy) is 1. The van der Waals surface area contributed by atoms with E-state index in [1.165, 1.54) is 0 Å². The number of carbonyl (C=O) groups is 2. The average molecular weight is 458 g/mol. The minimum Gasteiger partial charge on any atom is -0.494 e. The molecule has 7 heteroatoms. The predicted octanol–water partition coefficient (Wildman–Crippen LogP) is 5.08. The summed E-state index contributed by atoms with van der Waals surface area (Å²) in [4.78, 5) is 29.0. The van der Waals surface area contributed by atoms with Gasteiger partial charge in [0.1, 0.15) is 5.75 Å². The van der Waals surface area contributed by atoms with E-state index < -0.39 is 0 Å².